The topological polar surface area (TPSA) is 37.3 Å². The van der Waals surface area contributed by atoms with E-state index in [9.17, 15) is 0 Å². The van der Waals surface area contributed by atoms with Gasteiger partial charge in [0.05, 0.1) is 0 Å². The van der Waals surface area contributed by atoms with Crippen molar-refractivity contribution in [3.8, 4) is 0 Å². The van der Waals surface area contributed by atoms with Crippen molar-refractivity contribution in [2.45, 2.75) is 39.4 Å². The highest BCUT2D eigenvalue weighted by molar-refractivity contribution is 7.80. The van der Waals surface area contributed by atoms with Crippen LogP contribution in [0, 0.1) is 5.92 Å². The predicted octanol–water partition coefficient (Wildman–Crippen LogP) is 2.44. The maximum absolute atomic E-state index is 9.00. The molecular weight excluding hydrogens is 160 g/mol. The quantitative estimate of drug-likeness (QED) is 0.637. The average molecular weight is 178 g/mol. The van der Waals surface area contributed by atoms with Gasteiger partial charge in [-0.15, -0.1) is 0 Å². The van der Waals surface area contributed by atoms with Crippen LogP contribution in [-0.4, -0.2) is 16.3 Å². The van der Waals surface area contributed by atoms with Crippen LogP contribution >= 0.6 is 12.6 Å². The molecule has 0 aliphatic carbocycles. The molecule has 0 saturated carbocycles. The lowest BCUT2D eigenvalue weighted by Gasteiger charge is -2.09. The first-order valence-electron chi connectivity index (χ1n) is 3.79. The van der Waals surface area contributed by atoms with Crippen molar-refractivity contribution in [1.29, 1.82) is 0 Å². The first kappa shape index (κ1) is 13.4. The number of aliphatic carboxylic acids is 1. The third kappa shape index (κ3) is 17.7. The molecule has 68 valence electrons. The van der Waals surface area contributed by atoms with Gasteiger partial charge in [0, 0.05) is 12.2 Å². The lowest BCUT2D eigenvalue weighted by atomic mass is 10.1. The van der Waals surface area contributed by atoms with Gasteiger partial charge in [-0.2, -0.15) is 12.6 Å². The molecule has 0 fully saturated rings. The van der Waals surface area contributed by atoms with Crippen molar-refractivity contribution in [3.63, 3.8) is 0 Å². The zero-order chi connectivity index (χ0) is 9.44. The van der Waals surface area contributed by atoms with Crippen LogP contribution in [0.15, 0.2) is 0 Å². The summed E-state index contributed by atoms with van der Waals surface area (Å²) in [7, 11) is 0. The molecule has 0 aliphatic rings. The Bertz CT molecular complexity index is 98.3. The van der Waals surface area contributed by atoms with Crippen LogP contribution in [0.4, 0.5) is 0 Å². The Balaban J connectivity index is 0. The smallest absolute Gasteiger partial charge is 0.300 e. The van der Waals surface area contributed by atoms with Crippen molar-refractivity contribution >= 4 is 18.6 Å². The highest BCUT2D eigenvalue weighted by Crippen LogP contribution is 2.10. The normalized spacial score (nSPS) is 11.8. The molecule has 11 heavy (non-hydrogen) atoms. The van der Waals surface area contributed by atoms with E-state index >= 15 is 0 Å². The van der Waals surface area contributed by atoms with Crippen LogP contribution in [-0.2, 0) is 4.79 Å². The van der Waals surface area contributed by atoms with Crippen LogP contribution in [0.2, 0.25) is 0 Å². The number of carboxylic acid groups (broad SMARTS) is 1. The summed E-state index contributed by atoms with van der Waals surface area (Å²) < 4.78 is 0. The van der Waals surface area contributed by atoms with Crippen molar-refractivity contribution in [2.75, 3.05) is 0 Å². The minimum Gasteiger partial charge on any atom is -0.481 e. The zero-order valence-electron chi connectivity index (χ0n) is 7.66. The number of rotatable bonds is 2. The molecular formula is C8H18O2S. The highest BCUT2D eigenvalue weighted by atomic mass is 32.1. The van der Waals surface area contributed by atoms with E-state index in [2.05, 4.69) is 33.4 Å². The van der Waals surface area contributed by atoms with Crippen molar-refractivity contribution in [1.82, 2.24) is 0 Å². The molecule has 3 heteroatoms. The molecule has 0 aromatic rings. The second-order valence-corrected chi connectivity index (χ2v) is 3.40. The van der Waals surface area contributed by atoms with Gasteiger partial charge in [0.1, 0.15) is 0 Å². The molecule has 0 aromatic carbocycles. The molecule has 0 rings (SSSR count). The molecule has 0 aromatic heterocycles. The number of hydrogen-bond donors (Lipinski definition) is 2. The number of hydrogen-bond acceptors (Lipinski definition) is 2. The third-order valence-corrected chi connectivity index (χ3v) is 2.15. The van der Waals surface area contributed by atoms with E-state index in [1.807, 2.05) is 0 Å². The summed E-state index contributed by atoms with van der Waals surface area (Å²) in [6.45, 7) is 7.64. The monoisotopic (exact) mass is 178 g/mol. The third-order valence-electron chi connectivity index (χ3n) is 1.19. The van der Waals surface area contributed by atoms with Crippen molar-refractivity contribution in [2.24, 2.45) is 5.92 Å². The Kier molecular flexibility index (Phi) is 9.66. The van der Waals surface area contributed by atoms with E-state index < -0.39 is 5.97 Å². The Morgan fingerprint density at radius 2 is 1.82 bits per heavy atom. The molecule has 0 saturated heterocycles. The van der Waals surface area contributed by atoms with E-state index in [0.29, 0.717) is 5.25 Å². The van der Waals surface area contributed by atoms with Gasteiger partial charge < -0.3 is 5.11 Å². The standard InChI is InChI=1S/C6H14S.C2H4O2/c1-4-6(7)5(2)3;1-2(3)4/h5-7H,4H2,1-3H3;1H3,(H,3,4). The van der Waals surface area contributed by atoms with Gasteiger partial charge in [-0.1, -0.05) is 20.8 Å². The SMILES string of the molecule is CC(=O)O.CCC(S)C(C)C. The molecule has 0 amide bonds. The van der Waals surface area contributed by atoms with Gasteiger partial charge in [0.15, 0.2) is 0 Å². The first-order chi connectivity index (χ1) is 4.91. The predicted molar refractivity (Wildman–Crippen MR) is 51.2 cm³/mol. The molecule has 1 unspecified atom stereocenters. The molecule has 0 heterocycles. The largest absolute Gasteiger partial charge is 0.481 e. The van der Waals surface area contributed by atoms with Crippen LogP contribution in [0.3, 0.4) is 0 Å². The molecule has 1 N–H and O–H groups in total. The fraction of sp³-hybridized carbons (Fsp3) is 0.875. The molecule has 0 radical (unpaired) electrons. The maximum Gasteiger partial charge on any atom is 0.300 e. The molecule has 1 atom stereocenters. The minimum atomic E-state index is -0.833. The molecule has 0 aliphatic heterocycles. The van der Waals surface area contributed by atoms with E-state index in [-0.39, 0.29) is 0 Å². The fourth-order valence-electron chi connectivity index (χ4n) is 0.471. The van der Waals surface area contributed by atoms with Gasteiger partial charge in [0.2, 0.25) is 0 Å². The van der Waals surface area contributed by atoms with Gasteiger partial charge in [-0.25, -0.2) is 0 Å². The van der Waals surface area contributed by atoms with Crippen molar-refractivity contribution < 1.29 is 9.90 Å². The van der Waals surface area contributed by atoms with E-state index in [1.54, 1.807) is 0 Å². The Morgan fingerprint density at radius 3 is 1.82 bits per heavy atom. The van der Waals surface area contributed by atoms with Crippen LogP contribution < -0.4 is 0 Å². The minimum absolute atomic E-state index is 0.597. The maximum atomic E-state index is 9.00. The van der Waals surface area contributed by atoms with Crippen LogP contribution in [0.5, 0.6) is 0 Å². The summed E-state index contributed by atoms with van der Waals surface area (Å²) in [5.41, 5.74) is 0. The van der Waals surface area contributed by atoms with Gasteiger partial charge in [-0.3, -0.25) is 4.79 Å². The van der Waals surface area contributed by atoms with Gasteiger partial charge >= 0.3 is 0 Å². The highest BCUT2D eigenvalue weighted by Gasteiger charge is 2.02. The molecule has 0 bridgehead atoms. The number of carbonyl (C=O) groups is 1. The number of thiol groups is 1. The van der Waals surface area contributed by atoms with Gasteiger partial charge in [-0.05, 0) is 12.3 Å². The summed E-state index contributed by atoms with van der Waals surface area (Å²) >= 11 is 4.32. The summed E-state index contributed by atoms with van der Waals surface area (Å²) in [6, 6.07) is 0. The Morgan fingerprint density at radius 1 is 1.55 bits per heavy atom. The fourth-order valence-corrected chi connectivity index (χ4v) is 0.471. The van der Waals surface area contributed by atoms with E-state index in [0.717, 1.165) is 12.8 Å². The lowest BCUT2D eigenvalue weighted by molar-refractivity contribution is -0.134. The Hall–Kier alpha value is -0.180. The molecule has 0 spiro atoms. The lowest BCUT2D eigenvalue weighted by Crippen LogP contribution is -2.04. The first-order valence-corrected chi connectivity index (χ1v) is 4.31. The van der Waals surface area contributed by atoms with Crippen LogP contribution in [0.25, 0.3) is 0 Å². The molecule has 2 nitrogen and oxygen atoms in total. The van der Waals surface area contributed by atoms with Gasteiger partial charge in [0.25, 0.3) is 5.97 Å². The average Bonchev–Trinajstić information content (AvgIpc) is 1.85. The summed E-state index contributed by atoms with van der Waals surface area (Å²) in [6.07, 6.45) is 1.18. The summed E-state index contributed by atoms with van der Waals surface area (Å²) in [5, 5.41) is 8.01. The number of carboxylic acids is 1. The van der Waals surface area contributed by atoms with Crippen molar-refractivity contribution in [3.05, 3.63) is 0 Å². The van der Waals surface area contributed by atoms with E-state index in [1.165, 1.54) is 6.42 Å². The second-order valence-electron chi connectivity index (χ2n) is 2.74. The second kappa shape index (κ2) is 7.92. The van der Waals surface area contributed by atoms with Crippen LogP contribution in [0.1, 0.15) is 34.1 Å². The summed E-state index contributed by atoms with van der Waals surface area (Å²) in [4.78, 5) is 9.00. The van der Waals surface area contributed by atoms with E-state index in [4.69, 9.17) is 9.90 Å². The summed E-state index contributed by atoms with van der Waals surface area (Å²) in [5.74, 6) is -0.103. The zero-order valence-corrected chi connectivity index (χ0v) is 8.56. The Labute approximate surface area is 74.4 Å².